The Hall–Kier alpha value is -2.76. The van der Waals surface area contributed by atoms with Crippen LogP contribution >= 0.6 is 0 Å². The summed E-state index contributed by atoms with van der Waals surface area (Å²) >= 11 is 0. The number of aromatic amines is 1. The molecule has 128 valence electrons. The Morgan fingerprint density at radius 3 is 2.79 bits per heavy atom. The van der Waals surface area contributed by atoms with Gasteiger partial charge >= 0.3 is 11.9 Å². The van der Waals surface area contributed by atoms with E-state index in [0.717, 1.165) is 22.6 Å². The van der Waals surface area contributed by atoms with Crippen LogP contribution in [0.3, 0.4) is 0 Å². The number of carboxylic acids is 1. The van der Waals surface area contributed by atoms with Crippen molar-refractivity contribution in [2.24, 2.45) is 0 Å². The van der Waals surface area contributed by atoms with Gasteiger partial charge in [-0.15, -0.1) is 0 Å². The summed E-state index contributed by atoms with van der Waals surface area (Å²) < 4.78 is 5.02. The Bertz CT molecular complexity index is 722. The van der Waals surface area contributed by atoms with E-state index in [1.54, 1.807) is 13.0 Å². The van der Waals surface area contributed by atoms with Crippen LogP contribution in [0.15, 0.2) is 30.3 Å². The van der Waals surface area contributed by atoms with Gasteiger partial charge in [0.25, 0.3) is 0 Å². The van der Waals surface area contributed by atoms with Gasteiger partial charge in [0.2, 0.25) is 0 Å². The van der Waals surface area contributed by atoms with Crippen molar-refractivity contribution in [3.05, 3.63) is 52.8 Å². The molecule has 0 saturated carbocycles. The van der Waals surface area contributed by atoms with Crippen LogP contribution in [0.2, 0.25) is 0 Å². The van der Waals surface area contributed by atoms with Gasteiger partial charge in [-0.2, -0.15) is 0 Å². The largest absolute Gasteiger partial charge is 0.481 e. The number of ether oxygens (including phenoxy) is 1. The Labute approximate surface area is 140 Å². The predicted molar refractivity (Wildman–Crippen MR) is 91.2 cm³/mol. The zero-order valence-corrected chi connectivity index (χ0v) is 13.9. The van der Waals surface area contributed by atoms with E-state index in [1.807, 2.05) is 31.2 Å². The van der Waals surface area contributed by atoms with Gasteiger partial charge in [0.15, 0.2) is 0 Å². The summed E-state index contributed by atoms with van der Waals surface area (Å²) in [5, 5.41) is 12.0. The molecule has 1 heterocycles. The lowest BCUT2D eigenvalue weighted by atomic mass is 10.1. The van der Waals surface area contributed by atoms with Crippen LogP contribution in [0.1, 0.15) is 40.7 Å². The molecule has 24 heavy (non-hydrogen) atoms. The normalized spacial score (nSPS) is 10.4. The van der Waals surface area contributed by atoms with Gasteiger partial charge in [0, 0.05) is 23.5 Å². The summed E-state index contributed by atoms with van der Waals surface area (Å²) in [6.07, 6.45) is 0.613. The number of aliphatic carboxylic acids is 1. The molecular weight excluding hydrogens is 308 g/mol. The highest BCUT2D eigenvalue weighted by Gasteiger charge is 2.13. The monoisotopic (exact) mass is 330 g/mol. The van der Waals surface area contributed by atoms with Crippen LogP contribution in [0.5, 0.6) is 0 Å². The van der Waals surface area contributed by atoms with Gasteiger partial charge in [0.1, 0.15) is 0 Å². The van der Waals surface area contributed by atoms with Gasteiger partial charge in [-0.3, -0.25) is 4.79 Å². The molecule has 0 spiro atoms. The minimum absolute atomic E-state index is 0.113. The molecule has 0 unspecified atom stereocenters. The van der Waals surface area contributed by atoms with Crippen molar-refractivity contribution in [1.29, 1.82) is 0 Å². The lowest BCUT2D eigenvalue weighted by molar-refractivity contribution is -0.136. The Balaban J connectivity index is 1.98. The Morgan fingerprint density at radius 2 is 2.08 bits per heavy atom. The van der Waals surface area contributed by atoms with Crippen molar-refractivity contribution < 1.29 is 19.4 Å². The summed E-state index contributed by atoms with van der Waals surface area (Å²) in [5.74, 6) is -1.13. The first kappa shape index (κ1) is 17.6. The summed E-state index contributed by atoms with van der Waals surface area (Å²) in [5.41, 5.74) is 4.08. The summed E-state index contributed by atoms with van der Waals surface area (Å²) in [6.45, 7) is 4.49. The number of hydrogen-bond donors (Lipinski definition) is 3. The predicted octanol–water partition coefficient (Wildman–Crippen LogP) is 3.13. The van der Waals surface area contributed by atoms with Gasteiger partial charge in [0.05, 0.1) is 18.7 Å². The van der Waals surface area contributed by atoms with Crippen LogP contribution in [0, 0.1) is 6.92 Å². The van der Waals surface area contributed by atoms with E-state index in [1.165, 1.54) is 0 Å². The van der Waals surface area contributed by atoms with Gasteiger partial charge < -0.3 is 20.1 Å². The molecule has 0 amide bonds. The minimum atomic E-state index is -0.804. The highest BCUT2D eigenvalue weighted by Crippen LogP contribution is 2.16. The van der Waals surface area contributed by atoms with Gasteiger partial charge in [-0.05, 0) is 44.0 Å². The number of carboxylic acid groups (broad SMARTS) is 1. The number of anilines is 1. The van der Waals surface area contributed by atoms with E-state index in [9.17, 15) is 9.59 Å². The number of benzene rings is 1. The number of carbonyl (C=O) groups is 2. The van der Waals surface area contributed by atoms with E-state index in [-0.39, 0.29) is 12.4 Å². The molecule has 0 aliphatic heterocycles. The van der Waals surface area contributed by atoms with Crippen molar-refractivity contribution in [3.63, 3.8) is 0 Å². The fraction of sp³-hybridized carbons (Fsp3) is 0.333. The van der Waals surface area contributed by atoms with Crippen molar-refractivity contribution >= 4 is 17.6 Å². The quantitative estimate of drug-likeness (QED) is 0.647. The molecule has 6 heteroatoms. The molecule has 1 aromatic heterocycles. The zero-order valence-electron chi connectivity index (χ0n) is 13.9. The van der Waals surface area contributed by atoms with E-state index >= 15 is 0 Å². The molecule has 0 aliphatic carbocycles. The topological polar surface area (TPSA) is 91.4 Å². The Morgan fingerprint density at radius 1 is 1.29 bits per heavy atom. The maximum atomic E-state index is 11.8. The number of hydrogen-bond acceptors (Lipinski definition) is 4. The first-order valence-corrected chi connectivity index (χ1v) is 7.89. The summed E-state index contributed by atoms with van der Waals surface area (Å²) in [7, 11) is 0. The molecule has 3 N–H and O–H groups in total. The third-order valence-corrected chi connectivity index (χ3v) is 3.60. The third kappa shape index (κ3) is 4.87. The molecule has 0 radical (unpaired) electrons. The third-order valence-electron chi connectivity index (χ3n) is 3.60. The average molecular weight is 330 g/mol. The Kier molecular flexibility index (Phi) is 6.01. The fourth-order valence-corrected chi connectivity index (χ4v) is 2.43. The molecule has 2 rings (SSSR count). The standard InChI is InChI=1S/C18H22N2O4/c1-3-24-18(23)16-10-15(20-12(16)2)11-19-14-6-4-5-13(9-14)7-8-17(21)22/h4-6,9-10,19-20H,3,7-8,11H2,1-2H3,(H,21,22). The molecule has 0 saturated heterocycles. The second-order valence-electron chi connectivity index (χ2n) is 5.50. The zero-order chi connectivity index (χ0) is 17.5. The van der Waals surface area contributed by atoms with E-state index in [0.29, 0.717) is 25.1 Å². The maximum Gasteiger partial charge on any atom is 0.339 e. The van der Waals surface area contributed by atoms with E-state index < -0.39 is 5.97 Å². The highest BCUT2D eigenvalue weighted by atomic mass is 16.5. The molecular formula is C18H22N2O4. The van der Waals surface area contributed by atoms with E-state index in [2.05, 4.69) is 10.3 Å². The average Bonchev–Trinajstić information content (AvgIpc) is 2.93. The number of aryl methyl sites for hydroxylation is 2. The molecule has 0 bridgehead atoms. The number of H-pyrrole nitrogens is 1. The van der Waals surface area contributed by atoms with E-state index in [4.69, 9.17) is 9.84 Å². The number of nitrogens with one attached hydrogen (secondary N) is 2. The molecule has 0 fully saturated rings. The van der Waals surface area contributed by atoms with Gasteiger partial charge in [-0.1, -0.05) is 12.1 Å². The van der Waals surface area contributed by atoms with Crippen molar-refractivity contribution in [2.45, 2.75) is 33.2 Å². The molecule has 0 aliphatic rings. The second kappa shape index (κ2) is 8.19. The molecule has 2 aromatic rings. The maximum absolute atomic E-state index is 11.8. The van der Waals surface area contributed by atoms with Crippen LogP contribution in [-0.2, 0) is 22.5 Å². The van der Waals surface area contributed by atoms with Crippen LogP contribution < -0.4 is 5.32 Å². The van der Waals surface area contributed by atoms with Crippen molar-refractivity contribution in [3.8, 4) is 0 Å². The lowest BCUT2D eigenvalue weighted by Crippen LogP contribution is -2.04. The molecule has 0 atom stereocenters. The smallest absolute Gasteiger partial charge is 0.339 e. The van der Waals surface area contributed by atoms with Crippen molar-refractivity contribution in [1.82, 2.24) is 4.98 Å². The number of carbonyl (C=O) groups excluding carboxylic acids is 1. The summed E-state index contributed by atoms with van der Waals surface area (Å²) in [6, 6.07) is 9.45. The SMILES string of the molecule is CCOC(=O)c1cc(CNc2cccc(CCC(=O)O)c2)[nH]c1C. The number of rotatable bonds is 8. The first-order valence-electron chi connectivity index (χ1n) is 7.89. The van der Waals surface area contributed by atoms with Gasteiger partial charge in [-0.25, -0.2) is 4.79 Å². The van der Waals surface area contributed by atoms with Crippen LogP contribution in [0.25, 0.3) is 0 Å². The molecule has 6 nitrogen and oxygen atoms in total. The second-order valence-corrected chi connectivity index (χ2v) is 5.50. The lowest BCUT2D eigenvalue weighted by Gasteiger charge is -2.07. The number of aromatic nitrogens is 1. The fourth-order valence-electron chi connectivity index (χ4n) is 2.43. The highest BCUT2D eigenvalue weighted by molar-refractivity contribution is 5.91. The van der Waals surface area contributed by atoms with Crippen LogP contribution in [0.4, 0.5) is 5.69 Å². The summed E-state index contributed by atoms with van der Waals surface area (Å²) in [4.78, 5) is 25.6. The van der Waals surface area contributed by atoms with Crippen LogP contribution in [-0.4, -0.2) is 28.6 Å². The minimum Gasteiger partial charge on any atom is -0.481 e. The first-order chi connectivity index (χ1) is 11.5. The number of esters is 1. The molecule has 1 aromatic carbocycles. The van der Waals surface area contributed by atoms with Crippen molar-refractivity contribution in [2.75, 3.05) is 11.9 Å².